The minimum absolute atomic E-state index is 0.171. The molecule has 2 aliphatic rings. The van der Waals surface area contributed by atoms with Crippen molar-refractivity contribution in [3.05, 3.63) is 29.3 Å². The Morgan fingerprint density at radius 1 is 1.13 bits per heavy atom. The van der Waals surface area contributed by atoms with E-state index in [4.69, 9.17) is 0 Å². The standard InChI is InChI=1S/C18H22N2O3/c1-11-7-8-15(12(2)9-11)19-16(21)10-20-17(22)13-5-3-4-6-14(13)18(20)23/h7-9,13-14H,3-6,10H2,1-2H3,(H,19,21)/t13-,14-/m0/s1. The molecular weight excluding hydrogens is 292 g/mol. The van der Waals surface area contributed by atoms with Crippen LogP contribution >= 0.6 is 0 Å². The number of nitrogens with zero attached hydrogens (tertiary/aromatic N) is 1. The number of benzene rings is 1. The van der Waals surface area contributed by atoms with Gasteiger partial charge in [0.1, 0.15) is 6.54 Å². The molecule has 1 saturated carbocycles. The van der Waals surface area contributed by atoms with E-state index in [1.807, 2.05) is 32.0 Å². The zero-order chi connectivity index (χ0) is 16.6. The maximum atomic E-state index is 12.4. The fourth-order valence-electron chi connectivity index (χ4n) is 3.67. The number of rotatable bonds is 3. The van der Waals surface area contributed by atoms with E-state index in [0.29, 0.717) is 0 Å². The van der Waals surface area contributed by atoms with E-state index in [2.05, 4.69) is 5.32 Å². The largest absolute Gasteiger partial charge is 0.324 e. The van der Waals surface area contributed by atoms with Crippen molar-refractivity contribution in [2.45, 2.75) is 39.5 Å². The summed E-state index contributed by atoms with van der Waals surface area (Å²) in [5.41, 5.74) is 2.80. The topological polar surface area (TPSA) is 66.5 Å². The van der Waals surface area contributed by atoms with E-state index in [9.17, 15) is 14.4 Å². The molecule has 1 aromatic carbocycles. The molecule has 1 aliphatic heterocycles. The summed E-state index contributed by atoms with van der Waals surface area (Å²) in [5, 5.41) is 2.80. The van der Waals surface area contributed by atoms with Crippen molar-refractivity contribution in [3.8, 4) is 0 Å². The molecule has 3 amide bonds. The molecule has 1 N–H and O–H groups in total. The molecule has 122 valence electrons. The summed E-state index contributed by atoms with van der Waals surface area (Å²) in [6.45, 7) is 3.73. The van der Waals surface area contributed by atoms with Crippen LogP contribution in [0.4, 0.5) is 5.69 Å². The van der Waals surface area contributed by atoms with Gasteiger partial charge in [0.2, 0.25) is 17.7 Å². The molecule has 0 radical (unpaired) electrons. The lowest BCUT2D eigenvalue weighted by Gasteiger charge is -2.19. The highest BCUT2D eigenvalue weighted by Crippen LogP contribution is 2.37. The number of fused-ring (bicyclic) bond motifs is 1. The average molecular weight is 314 g/mol. The van der Waals surface area contributed by atoms with Crippen LogP contribution in [0, 0.1) is 25.7 Å². The van der Waals surface area contributed by atoms with E-state index in [0.717, 1.165) is 47.4 Å². The third-order valence-corrected chi connectivity index (χ3v) is 4.89. The first-order chi connectivity index (χ1) is 11.0. The van der Waals surface area contributed by atoms with Crippen molar-refractivity contribution in [2.75, 3.05) is 11.9 Å². The first-order valence-electron chi connectivity index (χ1n) is 8.19. The van der Waals surface area contributed by atoms with E-state index >= 15 is 0 Å². The van der Waals surface area contributed by atoms with Crippen molar-refractivity contribution in [1.29, 1.82) is 0 Å². The number of imide groups is 1. The van der Waals surface area contributed by atoms with Crippen molar-refractivity contribution < 1.29 is 14.4 Å². The Labute approximate surface area is 136 Å². The molecule has 1 aromatic rings. The van der Waals surface area contributed by atoms with Crippen molar-refractivity contribution in [2.24, 2.45) is 11.8 Å². The van der Waals surface area contributed by atoms with Crippen LogP contribution in [-0.4, -0.2) is 29.2 Å². The number of carbonyl (C=O) groups excluding carboxylic acids is 3. The molecule has 2 fully saturated rings. The van der Waals surface area contributed by atoms with Crippen LogP contribution in [0.1, 0.15) is 36.8 Å². The number of nitrogens with one attached hydrogen (secondary N) is 1. The maximum Gasteiger partial charge on any atom is 0.244 e. The summed E-state index contributed by atoms with van der Waals surface area (Å²) in [7, 11) is 0. The molecule has 0 spiro atoms. The first-order valence-corrected chi connectivity index (χ1v) is 8.19. The Balaban J connectivity index is 1.68. The second-order valence-corrected chi connectivity index (χ2v) is 6.63. The Morgan fingerprint density at radius 2 is 1.74 bits per heavy atom. The second kappa shape index (κ2) is 6.14. The van der Waals surface area contributed by atoms with E-state index in [-0.39, 0.29) is 36.1 Å². The first kappa shape index (κ1) is 15.7. The average Bonchev–Trinajstić information content (AvgIpc) is 2.76. The zero-order valence-corrected chi connectivity index (χ0v) is 13.6. The summed E-state index contributed by atoms with van der Waals surface area (Å²) < 4.78 is 0. The van der Waals surface area contributed by atoms with Gasteiger partial charge >= 0.3 is 0 Å². The van der Waals surface area contributed by atoms with Gasteiger partial charge < -0.3 is 5.32 Å². The molecule has 0 unspecified atom stereocenters. The van der Waals surface area contributed by atoms with Crippen LogP contribution < -0.4 is 5.32 Å². The molecule has 5 heteroatoms. The summed E-state index contributed by atoms with van der Waals surface area (Å²) in [6.07, 6.45) is 3.51. The Kier molecular flexibility index (Phi) is 4.20. The molecular formula is C18H22N2O3. The molecule has 23 heavy (non-hydrogen) atoms. The third kappa shape index (κ3) is 3.00. The summed E-state index contributed by atoms with van der Waals surface area (Å²) in [5.74, 6) is -1.07. The van der Waals surface area contributed by atoms with Gasteiger partial charge in [0.05, 0.1) is 11.8 Å². The SMILES string of the molecule is Cc1ccc(NC(=O)CN2C(=O)[C@H]3CCCC[C@@H]3C2=O)c(C)c1. The normalized spacial score (nSPS) is 23.8. The predicted octanol–water partition coefficient (Wildman–Crippen LogP) is 2.42. The molecule has 3 rings (SSSR count). The van der Waals surface area contributed by atoms with Gasteiger partial charge in [-0.1, -0.05) is 30.5 Å². The number of aryl methyl sites for hydroxylation is 2. The van der Waals surface area contributed by atoms with Crippen LogP contribution in [0.3, 0.4) is 0 Å². The minimum atomic E-state index is -0.322. The maximum absolute atomic E-state index is 12.4. The molecule has 5 nitrogen and oxygen atoms in total. The number of carbonyl (C=O) groups is 3. The molecule has 0 bridgehead atoms. The predicted molar refractivity (Wildman–Crippen MR) is 86.7 cm³/mol. The Hall–Kier alpha value is -2.17. The number of hydrogen-bond acceptors (Lipinski definition) is 3. The van der Waals surface area contributed by atoms with Crippen molar-refractivity contribution in [1.82, 2.24) is 4.90 Å². The van der Waals surface area contributed by atoms with E-state index in [1.54, 1.807) is 0 Å². The fraction of sp³-hybridized carbons (Fsp3) is 0.500. The zero-order valence-electron chi connectivity index (χ0n) is 13.6. The fourth-order valence-corrected chi connectivity index (χ4v) is 3.67. The third-order valence-electron chi connectivity index (χ3n) is 4.89. The molecule has 0 aromatic heterocycles. The Morgan fingerprint density at radius 3 is 2.30 bits per heavy atom. The van der Waals surface area contributed by atoms with Crippen LogP contribution in [-0.2, 0) is 14.4 Å². The second-order valence-electron chi connectivity index (χ2n) is 6.63. The van der Waals surface area contributed by atoms with Crippen LogP contribution in [0.5, 0.6) is 0 Å². The number of anilines is 1. The highest BCUT2D eigenvalue weighted by atomic mass is 16.2. The van der Waals surface area contributed by atoms with Gasteiger partial charge in [0.25, 0.3) is 0 Å². The van der Waals surface area contributed by atoms with Crippen molar-refractivity contribution in [3.63, 3.8) is 0 Å². The van der Waals surface area contributed by atoms with Crippen LogP contribution in [0.15, 0.2) is 18.2 Å². The van der Waals surface area contributed by atoms with E-state index in [1.165, 1.54) is 0 Å². The summed E-state index contributed by atoms with van der Waals surface area (Å²) in [4.78, 5) is 38.1. The lowest BCUT2D eigenvalue weighted by molar-refractivity contribution is -0.142. The molecule has 1 saturated heterocycles. The summed E-state index contributed by atoms with van der Waals surface area (Å²) in [6, 6.07) is 5.75. The number of amides is 3. The monoisotopic (exact) mass is 314 g/mol. The molecule has 1 aliphatic carbocycles. The summed E-state index contributed by atoms with van der Waals surface area (Å²) >= 11 is 0. The number of hydrogen-bond donors (Lipinski definition) is 1. The van der Waals surface area contributed by atoms with Gasteiger partial charge in [-0.3, -0.25) is 19.3 Å². The van der Waals surface area contributed by atoms with Gasteiger partial charge in [-0.2, -0.15) is 0 Å². The minimum Gasteiger partial charge on any atom is -0.324 e. The van der Waals surface area contributed by atoms with Crippen LogP contribution in [0.25, 0.3) is 0 Å². The lowest BCUT2D eigenvalue weighted by atomic mass is 9.81. The van der Waals surface area contributed by atoms with Gasteiger partial charge in [-0.05, 0) is 38.3 Å². The van der Waals surface area contributed by atoms with Gasteiger partial charge in [0.15, 0.2) is 0 Å². The van der Waals surface area contributed by atoms with Gasteiger partial charge in [-0.15, -0.1) is 0 Å². The smallest absolute Gasteiger partial charge is 0.244 e. The van der Waals surface area contributed by atoms with Gasteiger partial charge in [-0.25, -0.2) is 0 Å². The van der Waals surface area contributed by atoms with Crippen LogP contribution in [0.2, 0.25) is 0 Å². The number of likely N-dealkylation sites (tertiary alicyclic amines) is 1. The molecule has 2 atom stereocenters. The quantitative estimate of drug-likeness (QED) is 0.871. The lowest BCUT2D eigenvalue weighted by Crippen LogP contribution is -2.38. The molecule has 1 heterocycles. The Bertz CT molecular complexity index is 644. The highest BCUT2D eigenvalue weighted by Gasteiger charge is 2.48. The van der Waals surface area contributed by atoms with Crippen molar-refractivity contribution >= 4 is 23.4 Å². The van der Waals surface area contributed by atoms with Gasteiger partial charge in [0, 0.05) is 5.69 Å². The highest BCUT2D eigenvalue weighted by molar-refractivity contribution is 6.08. The van der Waals surface area contributed by atoms with E-state index < -0.39 is 0 Å².